The third-order valence-electron chi connectivity index (χ3n) is 4.48. The minimum atomic E-state index is -0.615. The van der Waals surface area contributed by atoms with Crippen LogP contribution in [0.5, 0.6) is 0 Å². The minimum absolute atomic E-state index is 0.0423. The fourth-order valence-electron chi connectivity index (χ4n) is 2.88. The van der Waals surface area contributed by atoms with Crippen LogP contribution in [-0.4, -0.2) is 36.1 Å². The van der Waals surface area contributed by atoms with Crippen LogP contribution in [0, 0.1) is 5.92 Å². The minimum Gasteiger partial charge on any atom is -0.338 e. The summed E-state index contributed by atoms with van der Waals surface area (Å²) in [5, 5.41) is 3.31. The van der Waals surface area contributed by atoms with E-state index in [0.717, 1.165) is 37.7 Å². The molecule has 2 unspecified atom stereocenters. The summed E-state index contributed by atoms with van der Waals surface area (Å²) >= 11 is 0. The van der Waals surface area contributed by atoms with E-state index in [0.29, 0.717) is 6.42 Å². The molecule has 0 bridgehead atoms. The molecule has 1 saturated heterocycles. The SMILES string of the molecule is CC(N)(c1cnc(N2CCNCC2)nc1)C1C=CC(F)=CC1. The Morgan fingerprint density at radius 1 is 1.32 bits per heavy atom. The van der Waals surface area contributed by atoms with Crippen LogP contribution >= 0.6 is 0 Å². The van der Waals surface area contributed by atoms with Crippen LogP contribution < -0.4 is 16.0 Å². The molecule has 118 valence electrons. The Hall–Kier alpha value is -1.79. The zero-order valence-electron chi connectivity index (χ0n) is 12.8. The van der Waals surface area contributed by atoms with Crippen LogP contribution in [0.3, 0.4) is 0 Å². The lowest BCUT2D eigenvalue weighted by molar-refractivity contribution is 0.354. The number of rotatable bonds is 3. The van der Waals surface area contributed by atoms with Crippen molar-refractivity contribution in [2.75, 3.05) is 31.1 Å². The van der Waals surface area contributed by atoms with Gasteiger partial charge in [-0.15, -0.1) is 0 Å². The average Bonchev–Trinajstić information content (AvgIpc) is 2.56. The highest BCUT2D eigenvalue weighted by atomic mass is 19.1. The number of hydrogen-bond donors (Lipinski definition) is 2. The van der Waals surface area contributed by atoms with E-state index >= 15 is 0 Å². The first-order chi connectivity index (χ1) is 10.6. The van der Waals surface area contributed by atoms with Crippen molar-refractivity contribution in [3.05, 3.63) is 42.0 Å². The number of aromatic nitrogens is 2. The largest absolute Gasteiger partial charge is 0.338 e. The van der Waals surface area contributed by atoms with Gasteiger partial charge in [-0.1, -0.05) is 6.08 Å². The van der Waals surface area contributed by atoms with Gasteiger partial charge in [-0.2, -0.15) is 0 Å². The molecule has 2 aliphatic rings. The molecule has 1 aliphatic carbocycles. The predicted octanol–water partition coefficient (Wildman–Crippen LogP) is 1.49. The molecule has 1 aliphatic heterocycles. The van der Waals surface area contributed by atoms with Crippen molar-refractivity contribution in [3.8, 4) is 0 Å². The van der Waals surface area contributed by atoms with Crippen LogP contribution in [0.15, 0.2) is 36.4 Å². The number of nitrogens with zero attached hydrogens (tertiary/aromatic N) is 3. The lowest BCUT2D eigenvalue weighted by Crippen LogP contribution is -2.44. The van der Waals surface area contributed by atoms with Gasteiger partial charge in [-0.3, -0.25) is 0 Å². The highest BCUT2D eigenvalue weighted by molar-refractivity contribution is 5.33. The van der Waals surface area contributed by atoms with E-state index in [-0.39, 0.29) is 11.7 Å². The molecule has 22 heavy (non-hydrogen) atoms. The van der Waals surface area contributed by atoms with Crippen LogP contribution in [0.1, 0.15) is 18.9 Å². The van der Waals surface area contributed by atoms with Crippen molar-refractivity contribution in [3.63, 3.8) is 0 Å². The average molecular weight is 303 g/mol. The second-order valence-corrected chi connectivity index (χ2v) is 6.08. The van der Waals surface area contributed by atoms with Crippen LogP contribution in [0.4, 0.5) is 10.3 Å². The smallest absolute Gasteiger partial charge is 0.225 e. The van der Waals surface area contributed by atoms with Gasteiger partial charge in [-0.05, 0) is 25.5 Å². The zero-order chi connectivity index (χ0) is 15.6. The maximum Gasteiger partial charge on any atom is 0.225 e. The van der Waals surface area contributed by atoms with Gasteiger partial charge in [0.25, 0.3) is 0 Å². The molecule has 0 spiro atoms. The first-order valence-corrected chi connectivity index (χ1v) is 7.68. The first-order valence-electron chi connectivity index (χ1n) is 7.68. The Bertz CT molecular complexity index is 573. The second-order valence-electron chi connectivity index (χ2n) is 6.08. The molecule has 5 nitrogen and oxygen atoms in total. The maximum atomic E-state index is 13.1. The van der Waals surface area contributed by atoms with Crippen molar-refractivity contribution < 1.29 is 4.39 Å². The summed E-state index contributed by atoms with van der Waals surface area (Å²) in [7, 11) is 0. The van der Waals surface area contributed by atoms with E-state index in [4.69, 9.17) is 5.73 Å². The van der Waals surface area contributed by atoms with Crippen molar-refractivity contribution >= 4 is 5.95 Å². The van der Waals surface area contributed by atoms with Crippen molar-refractivity contribution in [2.45, 2.75) is 18.9 Å². The molecular formula is C16H22FN5. The second kappa shape index (κ2) is 6.14. The Balaban J connectivity index is 1.75. The van der Waals surface area contributed by atoms with Gasteiger partial charge in [0.05, 0.1) is 0 Å². The molecule has 2 atom stereocenters. The van der Waals surface area contributed by atoms with E-state index in [9.17, 15) is 4.39 Å². The van der Waals surface area contributed by atoms with E-state index in [1.165, 1.54) is 6.08 Å². The summed E-state index contributed by atoms with van der Waals surface area (Å²) in [6, 6.07) is 0. The fraction of sp³-hybridized carbons (Fsp3) is 0.500. The molecule has 3 rings (SSSR count). The van der Waals surface area contributed by atoms with Crippen LogP contribution in [0.2, 0.25) is 0 Å². The molecule has 0 aromatic carbocycles. The van der Waals surface area contributed by atoms with Gasteiger partial charge in [0.15, 0.2) is 0 Å². The van der Waals surface area contributed by atoms with Crippen molar-refractivity contribution in [1.29, 1.82) is 0 Å². The normalized spacial score (nSPS) is 24.8. The number of hydrogen-bond acceptors (Lipinski definition) is 5. The van der Waals surface area contributed by atoms with Gasteiger partial charge in [-0.25, -0.2) is 14.4 Å². The number of anilines is 1. The summed E-state index contributed by atoms with van der Waals surface area (Å²) in [5.41, 5.74) is 6.74. The fourth-order valence-corrected chi connectivity index (χ4v) is 2.88. The Kier molecular flexibility index (Phi) is 4.22. The summed E-state index contributed by atoms with van der Waals surface area (Å²) in [4.78, 5) is 11.1. The molecular weight excluding hydrogens is 281 g/mol. The van der Waals surface area contributed by atoms with E-state index in [1.54, 1.807) is 18.5 Å². The molecule has 0 amide bonds. The van der Waals surface area contributed by atoms with Gasteiger partial charge >= 0.3 is 0 Å². The molecule has 1 aromatic heterocycles. The third-order valence-corrected chi connectivity index (χ3v) is 4.48. The Morgan fingerprint density at radius 3 is 2.59 bits per heavy atom. The molecule has 1 fully saturated rings. The molecule has 6 heteroatoms. The summed E-state index contributed by atoms with van der Waals surface area (Å²) < 4.78 is 13.1. The lowest BCUT2D eigenvalue weighted by Gasteiger charge is -2.33. The number of nitrogens with one attached hydrogen (secondary N) is 1. The number of piperazine rings is 1. The van der Waals surface area contributed by atoms with Gasteiger partial charge in [0, 0.05) is 55.6 Å². The van der Waals surface area contributed by atoms with Crippen LogP contribution in [-0.2, 0) is 5.54 Å². The number of halogens is 1. The molecule has 0 saturated carbocycles. The standard InChI is InChI=1S/C16H22FN5/c1-16(18,12-2-4-14(17)5-3-12)13-10-20-15(21-11-13)22-8-6-19-7-9-22/h2,4-5,10-12,19H,3,6-9,18H2,1H3. The highest BCUT2D eigenvalue weighted by Crippen LogP contribution is 2.33. The number of nitrogens with two attached hydrogens (primary N) is 1. The highest BCUT2D eigenvalue weighted by Gasteiger charge is 2.31. The maximum absolute atomic E-state index is 13.1. The third kappa shape index (κ3) is 3.03. The van der Waals surface area contributed by atoms with Crippen molar-refractivity contribution in [2.24, 2.45) is 11.7 Å². The molecule has 1 aromatic rings. The van der Waals surface area contributed by atoms with Gasteiger partial charge in [0.2, 0.25) is 5.95 Å². The topological polar surface area (TPSA) is 67.1 Å². The Morgan fingerprint density at radius 2 is 2.00 bits per heavy atom. The number of allylic oxidation sites excluding steroid dienone is 3. The van der Waals surface area contributed by atoms with E-state index in [1.807, 2.05) is 13.0 Å². The summed E-state index contributed by atoms with van der Waals surface area (Å²) in [6.45, 7) is 5.67. The summed E-state index contributed by atoms with van der Waals surface area (Å²) in [6.07, 6.45) is 9.08. The molecule has 2 heterocycles. The molecule has 0 radical (unpaired) electrons. The summed E-state index contributed by atoms with van der Waals surface area (Å²) in [5.74, 6) is 0.587. The monoisotopic (exact) mass is 303 g/mol. The quantitative estimate of drug-likeness (QED) is 0.885. The van der Waals surface area contributed by atoms with E-state index in [2.05, 4.69) is 20.2 Å². The van der Waals surface area contributed by atoms with Crippen LogP contribution in [0.25, 0.3) is 0 Å². The zero-order valence-corrected chi connectivity index (χ0v) is 12.8. The lowest BCUT2D eigenvalue weighted by atomic mass is 9.78. The first kappa shape index (κ1) is 15.1. The Labute approximate surface area is 130 Å². The van der Waals surface area contributed by atoms with Gasteiger partial charge < -0.3 is 16.0 Å². The predicted molar refractivity (Wildman–Crippen MR) is 85.1 cm³/mol. The van der Waals surface area contributed by atoms with Crippen molar-refractivity contribution in [1.82, 2.24) is 15.3 Å². The van der Waals surface area contributed by atoms with E-state index < -0.39 is 5.54 Å². The molecule has 3 N–H and O–H groups in total. The van der Waals surface area contributed by atoms with Gasteiger partial charge in [0.1, 0.15) is 5.83 Å².